The van der Waals surface area contributed by atoms with Gasteiger partial charge in [0.2, 0.25) is 0 Å². The summed E-state index contributed by atoms with van der Waals surface area (Å²) in [6.45, 7) is 1.88. The van der Waals surface area contributed by atoms with E-state index in [9.17, 15) is 4.39 Å². The molecule has 1 unspecified atom stereocenters. The average molecular weight is 327 g/mol. The Labute approximate surface area is 113 Å². The van der Waals surface area contributed by atoms with Crippen LogP contribution in [0.5, 0.6) is 0 Å². The molecule has 0 aromatic heterocycles. The van der Waals surface area contributed by atoms with Crippen LogP contribution in [-0.2, 0) is 9.47 Å². The molecular weight excluding hydrogens is 312 g/mol. The van der Waals surface area contributed by atoms with E-state index in [1.807, 2.05) is 6.92 Å². The number of hydrogen-bond acceptors (Lipinski definition) is 3. The summed E-state index contributed by atoms with van der Waals surface area (Å²) in [5, 5.41) is 3.41. The van der Waals surface area contributed by atoms with Gasteiger partial charge in [0.1, 0.15) is 5.82 Å². The van der Waals surface area contributed by atoms with Gasteiger partial charge in [0.25, 0.3) is 0 Å². The smallest absolute Gasteiger partial charge is 0.176 e. The normalized spacial score (nSPS) is 12.9. The molecule has 0 bridgehead atoms. The Kier molecular flexibility index (Phi) is 5.66. The van der Waals surface area contributed by atoms with Gasteiger partial charge < -0.3 is 14.8 Å². The molecule has 96 valence electrons. The molecule has 0 aliphatic heterocycles. The third-order valence-electron chi connectivity index (χ3n) is 2.25. The van der Waals surface area contributed by atoms with Gasteiger partial charge in [-0.05, 0) is 35.0 Å². The standard InChI is InChI=1S/C11H14BrClFNO2/c1-6(11(16-2)17-3)15-10-8(12)4-7(14)5-9(10)13/h4-6,11,15H,1-3H3. The summed E-state index contributed by atoms with van der Waals surface area (Å²) >= 11 is 9.21. The highest BCUT2D eigenvalue weighted by Gasteiger charge is 2.18. The van der Waals surface area contributed by atoms with E-state index in [-0.39, 0.29) is 6.04 Å². The molecule has 6 heteroatoms. The van der Waals surface area contributed by atoms with Crippen LogP contribution in [0, 0.1) is 5.82 Å². The Balaban J connectivity index is 2.88. The van der Waals surface area contributed by atoms with Crippen molar-refractivity contribution in [2.24, 2.45) is 0 Å². The van der Waals surface area contributed by atoms with Crippen molar-refractivity contribution >= 4 is 33.2 Å². The second-order valence-corrected chi connectivity index (χ2v) is 4.78. The molecule has 3 nitrogen and oxygen atoms in total. The second-order valence-electron chi connectivity index (χ2n) is 3.52. The number of benzene rings is 1. The first-order valence-corrected chi connectivity index (χ1v) is 6.13. The average Bonchev–Trinajstić information content (AvgIpc) is 2.25. The third-order valence-corrected chi connectivity index (χ3v) is 3.18. The van der Waals surface area contributed by atoms with Gasteiger partial charge in [0.15, 0.2) is 6.29 Å². The lowest BCUT2D eigenvalue weighted by molar-refractivity contribution is -0.109. The highest BCUT2D eigenvalue weighted by Crippen LogP contribution is 2.32. The van der Waals surface area contributed by atoms with E-state index >= 15 is 0 Å². The van der Waals surface area contributed by atoms with Crippen LogP contribution < -0.4 is 5.32 Å². The maximum Gasteiger partial charge on any atom is 0.176 e. The summed E-state index contributed by atoms with van der Waals surface area (Å²) in [4.78, 5) is 0. The van der Waals surface area contributed by atoms with Crippen LogP contribution >= 0.6 is 27.5 Å². The molecule has 17 heavy (non-hydrogen) atoms. The molecule has 0 spiro atoms. The van der Waals surface area contributed by atoms with Crippen LogP contribution in [0.2, 0.25) is 5.02 Å². The summed E-state index contributed by atoms with van der Waals surface area (Å²) in [5.41, 5.74) is 0.611. The van der Waals surface area contributed by atoms with Gasteiger partial charge in [-0.3, -0.25) is 0 Å². The van der Waals surface area contributed by atoms with Gasteiger partial charge in [-0.15, -0.1) is 0 Å². The lowest BCUT2D eigenvalue weighted by Gasteiger charge is -2.24. The molecule has 0 saturated carbocycles. The number of ether oxygens (including phenoxy) is 2. The second kappa shape index (κ2) is 6.54. The van der Waals surface area contributed by atoms with E-state index in [1.54, 1.807) is 14.2 Å². The van der Waals surface area contributed by atoms with Crippen LogP contribution in [0.25, 0.3) is 0 Å². The molecule has 0 saturated heterocycles. The van der Waals surface area contributed by atoms with Crippen molar-refractivity contribution in [3.05, 3.63) is 27.4 Å². The van der Waals surface area contributed by atoms with Gasteiger partial charge >= 0.3 is 0 Å². The lowest BCUT2D eigenvalue weighted by atomic mass is 10.2. The highest BCUT2D eigenvalue weighted by molar-refractivity contribution is 9.10. The van der Waals surface area contributed by atoms with Crippen LogP contribution in [0.15, 0.2) is 16.6 Å². The number of anilines is 1. The fourth-order valence-electron chi connectivity index (χ4n) is 1.48. The van der Waals surface area contributed by atoms with Crippen molar-refractivity contribution in [2.75, 3.05) is 19.5 Å². The first kappa shape index (κ1) is 14.7. The highest BCUT2D eigenvalue weighted by atomic mass is 79.9. The maximum atomic E-state index is 13.0. The molecule has 1 aromatic carbocycles. The van der Waals surface area contributed by atoms with Gasteiger partial charge in [-0.2, -0.15) is 0 Å². The van der Waals surface area contributed by atoms with Crippen molar-refractivity contribution in [1.29, 1.82) is 0 Å². The predicted molar refractivity (Wildman–Crippen MR) is 70.0 cm³/mol. The summed E-state index contributed by atoms with van der Waals surface area (Å²) < 4.78 is 23.8. The van der Waals surface area contributed by atoms with E-state index in [1.165, 1.54) is 12.1 Å². The van der Waals surface area contributed by atoms with E-state index in [2.05, 4.69) is 21.2 Å². The molecule has 1 aromatic rings. The molecule has 1 rings (SSSR count). The van der Waals surface area contributed by atoms with Crippen LogP contribution in [0.1, 0.15) is 6.92 Å². The van der Waals surface area contributed by atoms with Crippen molar-refractivity contribution in [3.8, 4) is 0 Å². The predicted octanol–water partition coefficient (Wildman–Crippen LogP) is 3.66. The summed E-state index contributed by atoms with van der Waals surface area (Å²) in [6, 6.07) is 2.45. The number of halogens is 3. The van der Waals surface area contributed by atoms with Gasteiger partial charge in [0.05, 0.1) is 16.8 Å². The minimum atomic E-state index is -0.414. The maximum absolute atomic E-state index is 13.0. The SMILES string of the molecule is COC(OC)C(C)Nc1c(Cl)cc(F)cc1Br. The topological polar surface area (TPSA) is 30.5 Å². The Morgan fingerprint density at radius 2 is 1.94 bits per heavy atom. The summed E-state index contributed by atoms with van der Waals surface area (Å²) in [7, 11) is 3.10. The molecule has 1 N–H and O–H groups in total. The number of nitrogens with one attached hydrogen (secondary N) is 1. The molecule has 0 aliphatic rings. The molecule has 1 atom stereocenters. The van der Waals surface area contributed by atoms with Crippen molar-refractivity contribution < 1.29 is 13.9 Å². The Hall–Kier alpha value is -0.360. The molecule has 0 heterocycles. The molecular formula is C11H14BrClFNO2. The van der Waals surface area contributed by atoms with Crippen LogP contribution in [-0.4, -0.2) is 26.6 Å². The zero-order valence-electron chi connectivity index (χ0n) is 9.76. The van der Waals surface area contributed by atoms with Crippen molar-refractivity contribution in [1.82, 2.24) is 0 Å². The van der Waals surface area contributed by atoms with Crippen LogP contribution in [0.4, 0.5) is 10.1 Å². The number of rotatable bonds is 5. The molecule has 0 aliphatic carbocycles. The first-order valence-electron chi connectivity index (χ1n) is 4.96. The quantitative estimate of drug-likeness (QED) is 0.838. The largest absolute Gasteiger partial charge is 0.375 e. The minimum Gasteiger partial charge on any atom is -0.375 e. The minimum absolute atomic E-state index is 0.135. The zero-order chi connectivity index (χ0) is 13.0. The van der Waals surface area contributed by atoms with E-state index in [0.29, 0.717) is 15.2 Å². The summed E-state index contributed by atoms with van der Waals surface area (Å²) in [5.74, 6) is -0.393. The number of hydrogen-bond donors (Lipinski definition) is 1. The van der Waals surface area contributed by atoms with Gasteiger partial charge in [-0.1, -0.05) is 11.6 Å². The molecule has 0 fully saturated rings. The fraction of sp³-hybridized carbons (Fsp3) is 0.455. The Bertz CT molecular complexity index is 365. The Morgan fingerprint density at radius 3 is 2.41 bits per heavy atom. The molecule has 0 radical (unpaired) electrons. The van der Waals surface area contributed by atoms with Gasteiger partial charge in [0, 0.05) is 18.7 Å². The summed E-state index contributed by atoms with van der Waals surface area (Å²) in [6.07, 6.45) is -0.414. The van der Waals surface area contributed by atoms with E-state index in [0.717, 1.165) is 0 Å². The van der Waals surface area contributed by atoms with Crippen LogP contribution in [0.3, 0.4) is 0 Å². The van der Waals surface area contributed by atoms with E-state index in [4.69, 9.17) is 21.1 Å². The third kappa shape index (κ3) is 3.81. The lowest BCUT2D eigenvalue weighted by Crippen LogP contribution is -2.34. The van der Waals surface area contributed by atoms with Crippen molar-refractivity contribution in [2.45, 2.75) is 19.3 Å². The number of methoxy groups -OCH3 is 2. The van der Waals surface area contributed by atoms with Crippen molar-refractivity contribution in [3.63, 3.8) is 0 Å². The van der Waals surface area contributed by atoms with E-state index < -0.39 is 12.1 Å². The Morgan fingerprint density at radius 1 is 1.35 bits per heavy atom. The monoisotopic (exact) mass is 325 g/mol. The fourth-order valence-corrected chi connectivity index (χ4v) is 2.40. The first-order chi connectivity index (χ1) is 7.99. The molecule has 0 amide bonds. The zero-order valence-corrected chi connectivity index (χ0v) is 12.1. The van der Waals surface area contributed by atoms with Gasteiger partial charge in [-0.25, -0.2) is 4.39 Å².